The Hall–Kier alpha value is -0.0700. The summed E-state index contributed by atoms with van der Waals surface area (Å²) in [6, 6.07) is 0. The number of hydrogen-bond donors (Lipinski definition) is 1. The largest absolute Gasteiger partial charge is 0.378 e. The van der Waals surface area contributed by atoms with Crippen LogP contribution in [0.25, 0.3) is 0 Å². The molecule has 144 valence electrons. The quantitative estimate of drug-likeness (QED) is 0.789. The third kappa shape index (κ3) is 4.36. The summed E-state index contributed by atoms with van der Waals surface area (Å²) in [7, 11) is 0. The van der Waals surface area contributed by atoms with Crippen LogP contribution in [0.15, 0.2) is 0 Å². The summed E-state index contributed by atoms with van der Waals surface area (Å²) in [5.41, 5.74) is 5.44. The molecule has 1 aliphatic heterocycles. The standard InChI is InChI=1S/C17H33N3O2.2ClH/c1-6-22-14-11-17(18,16(14,4)5)15(21)20-9-7-19(8-10-20)12-13(2)3;;/h13-14H,6-12,18H2,1-5H3;2*1H. The molecule has 1 saturated carbocycles. The lowest BCUT2D eigenvalue weighted by Crippen LogP contribution is -2.76. The zero-order valence-corrected chi connectivity index (χ0v) is 17.3. The van der Waals surface area contributed by atoms with Crippen molar-refractivity contribution in [1.29, 1.82) is 0 Å². The zero-order chi connectivity index (χ0) is 16.5. The van der Waals surface area contributed by atoms with Crippen molar-refractivity contribution in [2.24, 2.45) is 17.1 Å². The highest BCUT2D eigenvalue weighted by molar-refractivity contribution is 5.89. The second-order valence-electron chi connectivity index (χ2n) is 7.83. The van der Waals surface area contributed by atoms with Crippen LogP contribution >= 0.6 is 24.8 Å². The van der Waals surface area contributed by atoms with Gasteiger partial charge in [-0.25, -0.2) is 0 Å². The number of piperazine rings is 1. The van der Waals surface area contributed by atoms with E-state index in [2.05, 4.69) is 32.6 Å². The smallest absolute Gasteiger partial charge is 0.243 e. The normalized spacial score (nSPS) is 29.5. The minimum absolute atomic E-state index is 0. The van der Waals surface area contributed by atoms with Gasteiger partial charge in [-0.3, -0.25) is 9.69 Å². The Bertz CT molecular complexity index is 413. The van der Waals surface area contributed by atoms with Gasteiger partial charge in [-0.15, -0.1) is 24.8 Å². The van der Waals surface area contributed by atoms with E-state index in [1.54, 1.807) is 0 Å². The first-order valence-electron chi connectivity index (χ1n) is 8.64. The van der Waals surface area contributed by atoms with Gasteiger partial charge >= 0.3 is 0 Å². The van der Waals surface area contributed by atoms with Crippen LogP contribution in [-0.2, 0) is 9.53 Å². The first-order chi connectivity index (χ1) is 10.2. The van der Waals surface area contributed by atoms with Crippen LogP contribution in [0.2, 0.25) is 0 Å². The van der Waals surface area contributed by atoms with Crippen LogP contribution in [0.4, 0.5) is 0 Å². The molecular weight excluding hydrogens is 349 g/mol. The number of carbonyl (C=O) groups is 1. The fourth-order valence-electron chi connectivity index (χ4n) is 3.73. The van der Waals surface area contributed by atoms with Crippen molar-refractivity contribution < 1.29 is 9.53 Å². The van der Waals surface area contributed by atoms with Gasteiger partial charge in [0.2, 0.25) is 5.91 Å². The molecule has 2 N–H and O–H groups in total. The Morgan fingerprint density at radius 3 is 2.17 bits per heavy atom. The monoisotopic (exact) mass is 383 g/mol. The molecule has 0 bridgehead atoms. The van der Waals surface area contributed by atoms with Crippen molar-refractivity contribution in [3.05, 3.63) is 0 Å². The van der Waals surface area contributed by atoms with E-state index in [0.717, 1.165) is 32.7 Å². The van der Waals surface area contributed by atoms with E-state index in [1.807, 2.05) is 11.8 Å². The molecule has 1 amide bonds. The van der Waals surface area contributed by atoms with Gasteiger partial charge in [0.15, 0.2) is 0 Å². The lowest BCUT2D eigenvalue weighted by molar-refractivity contribution is -0.180. The molecule has 0 aromatic rings. The predicted molar refractivity (Wildman–Crippen MR) is 103 cm³/mol. The van der Waals surface area contributed by atoms with Crippen molar-refractivity contribution in [1.82, 2.24) is 9.80 Å². The molecule has 1 aliphatic carbocycles. The van der Waals surface area contributed by atoms with Crippen molar-refractivity contribution in [2.75, 3.05) is 39.3 Å². The molecule has 2 fully saturated rings. The highest BCUT2D eigenvalue weighted by atomic mass is 35.5. The molecule has 2 aliphatic rings. The minimum atomic E-state index is -0.771. The summed E-state index contributed by atoms with van der Waals surface area (Å²) in [6.45, 7) is 15.8. The number of ether oxygens (including phenoxy) is 1. The van der Waals surface area contributed by atoms with Crippen LogP contribution in [0.1, 0.15) is 41.0 Å². The maximum atomic E-state index is 12.9. The second kappa shape index (κ2) is 9.04. The van der Waals surface area contributed by atoms with E-state index in [1.165, 1.54) is 0 Å². The fraction of sp³-hybridized carbons (Fsp3) is 0.941. The summed E-state index contributed by atoms with van der Waals surface area (Å²) in [4.78, 5) is 17.3. The highest BCUT2D eigenvalue weighted by Crippen LogP contribution is 2.50. The van der Waals surface area contributed by atoms with Crippen molar-refractivity contribution >= 4 is 30.7 Å². The van der Waals surface area contributed by atoms with E-state index in [9.17, 15) is 4.79 Å². The number of amides is 1. The average Bonchev–Trinajstić information content (AvgIpc) is 2.46. The average molecular weight is 384 g/mol. The molecule has 7 heteroatoms. The summed E-state index contributed by atoms with van der Waals surface area (Å²) in [6.07, 6.45) is 0.729. The summed E-state index contributed by atoms with van der Waals surface area (Å²) in [5.74, 6) is 0.776. The van der Waals surface area contributed by atoms with Gasteiger partial charge in [0.05, 0.1) is 6.10 Å². The molecule has 0 aromatic heterocycles. The van der Waals surface area contributed by atoms with Crippen LogP contribution < -0.4 is 5.73 Å². The van der Waals surface area contributed by atoms with Gasteiger partial charge in [0, 0.05) is 51.2 Å². The lowest BCUT2D eigenvalue weighted by Gasteiger charge is -2.59. The van der Waals surface area contributed by atoms with Gasteiger partial charge in [0.1, 0.15) is 5.54 Å². The van der Waals surface area contributed by atoms with Crippen molar-refractivity contribution in [2.45, 2.75) is 52.7 Å². The molecule has 24 heavy (non-hydrogen) atoms. The van der Waals surface area contributed by atoms with Crippen LogP contribution in [0, 0.1) is 11.3 Å². The third-order valence-corrected chi connectivity index (χ3v) is 5.49. The zero-order valence-electron chi connectivity index (χ0n) is 15.7. The molecule has 2 rings (SSSR count). The first kappa shape index (κ1) is 23.9. The predicted octanol–water partition coefficient (Wildman–Crippen LogP) is 2.16. The number of nitrogens with zero attached hydrogens (tertiary/aromatic N) is 2. The molecule has 1 heterocycles. The maximum absolute atomic E-state index is 12.9. The molecule has 2 unspecified atom stereocenters. The minimum Gasteiger partial charge on any atom is -0.378 e. The molecule has 0 radical (unpaired) electrons. The molecular formula is C17H35Cl2N3O2. The van der Waals surface area contributed by atoms with Gasteiger partial charge < -0.3 is 15.4 Å². The summed E-state index contributed by atoms with van der Waals surface area (Å²) in [5, 5.41) is 0. The van der Waals surface area contributed by atoms with E-state index >= 15 is 0 Å². The Morgan fingerprint density at radius 2 is 1.75 bits per heavy atom. The molecule has 5 nitrogen and oxygen atoms in total. The number of nitrogens with two attached hydrogens (primary N) is 1. The maximum Gasteiger partial charge on any atom is 0.243 e. The fourth-order valence-corrected chi connectivity index (χ4v) is 3.73. The van der Waals surface area contributed by atoms with Crippen LogP contribution in [0.3, 0.4) is 0 Å². The Balaban J connectivity index is 0.00000264. The second-order valence-corrected chi connectivity index (χ2v) is 7.83. The van der Waals surface area contributed by atoms with Crippen LogP contribution in [0.5, 0.6) is 0 Å². The van der Waals surface area contributed by atoms with Crippen molar-refractivity contribution in [3.8, 4) is 0 Å². The number of hydrogen-bond acceptors (Lipinski definition) is 4. The van der Waals surface area contributed by atoms with E-state index in [4.69, 9.17) is 10.5 Å². The van der Waals surface area contributed by atoms with Crippen LogP contribution in [-0.4, -0.2) is 66.7 Å². The van der Waals surface area contributed by atoms with Gasteiger partial charge in [-0.05, 0) is 12.8 Å². The lowest BCUT2D eigenvalue weighted by atomic mass is 9.54. The third-order valence-electron chi connectivity index (χ3n) is 5.49. The summed E-state index contributed by atoms with van der Waals surface area (Å²) < 4.78 is 5.73. The number of rotatable bonds is 5. The highest BCUT2D eigenvalue weighted by Gasteiger charge is 2.63. The van der Waals surface area contributed by atoms with Crippen molar-refractivity contribution in [3.63, 3.8) is 0 Å². The van der Waals surface area contributed by atoms with E-state index in [0.29, 0.717) is 18.9 Å². The molecule has 0 spiro atoms. The molecule has 0 aromatic carbocycles. The Morgan fingerprint density at radius 1 is 1.21 bits per heavy atom. The number of carbonyl (C=O) groups excluding carboxylic acids is 1. The SMILES string of the molecule is CCOC1CC(N)(C(=O)N2CCN(CC(C)C)CC2)C1(C)C.Cl.Cl. The molecule has 2 atom stereocenters. The van der Waals surface area contributed by atoms with E-state index in [-0.39, 0.29) is 42.2 Å². The Labute approximate surface area is 159 Å². The molecule has 1 saturated heterocycles. The Kier molecular flexibility index (Phi) is 9.01. The summed E-state index contributed by atoms with van der Waals surface area (Å²) >= 11 is 0. The van der Waals surface area contributed by atoms with Gasteiger partial charge in [0.25, 0.3) is 0 Å². The topological polar surface area (TPSA) is 58.8 Å². The first-order valence-corrected chi connectivity index (χ1v) is 8.64. The van der Waals surface area contributed by atoms with E-state index < -0.39 is 5.54 Å². The number of halogens is 2. The van der Waals surface area contributed by atoms with Gasteiger partial charge in [-0.2, -0.15) is 0 Å². The van der Waals surface area contributed by atoms with Gasteiger partial charge in [-0.1, -0.05) is 27.7 Å².